The molecule has 0 amide bonds. The Morgan fingerprint density at radius 3 is 2.76 bits per heavy atom. The first-order valence-corrected chi connectivity index (χ1v) is 11.4. The van der Waals surface area contributed by atoms with Gasteiger partial charge in [0, 0.05) is 43.9 Å². The number of thiazole rings is 1. The molecule has 1 saturated heterocycles. The molecule has 4 heterocycles. The zero-order valence-corrected chi connectivity index (χ0v) is 18.9. The number of hydrogen-bond acceptors (Lipinski definition) is 9. The van der Waals surface area contributed by atoms with Gasteiger partial charge in [-0.05, 0) is 25.0 Å². The number of Topliss-reactive ketones (excluding diaryl/α,β-unsaturated/α-hetero) is 1. The fraction of sp³-hybridized carbons (Fsp3) is 0.409. The number of carbonyl (C=O) groups excluding carboxylic acids is 1. The number of fused-ring (bicyclic) bond motifs is 1. The number of carbonyl (C=O) groups is 2. The molecule has 0 spiro atoms. The Balaban J connectivity index is 1.58. The molecule has 0 aliphatic carbocycles. The van der Waals surface area contributed by atoms with Gasteiger partial charge in [-0.25, -0.2) is 14.8 Å². The molecule has 3 aromatic rings. The number of rotatable bonds is 10. The highest BCUT2D eigenvalue weighted by Crippen LogP contribution is 2.29. The summed E-state index contributed by atoms with van der Waals surface area (Å²) < 4.78 is 6.73. The van der Waals surface area contributed by atoms with Crippen LogP contribution in [0, 0.1) is 12.8 Å². The van der Waals surface area contributed by atoms with Crippen molar-refractivity contribution in [2.45, 2.75) is 19.8 Å². The standard InChI is InChI=1S/C22H24N4O6S/c1-13-9-17(25-10-14(11-25)16(28)3-2-6-32-7-5-27)24-20-18(13)19(29)15(21(30)31)12-26(20)22-23-4-8-33-22/h4,8-9,12,14,27H,2-3,5-7,10-11H2,1H3,(H,30,31). The highest BCUT2D eigenvalue weighted by Gasteiger charge is 2.33. The number of aliphatic hydroxyl groups is 1. The Morgan fingerprint density at radius 2 is 2.09 bits per heavy atom. The molecule has 10 nitrogen and oxygen atoms in total. The van der Waals surface area contributed by atoms with E-state index < -0.39 is 11.4 Å². The van der Waals surface area contributed by atoms with Crippen molar-refractivity contribution in [3.05, 3.63) is 45.2 Å². The van der Waals surface area contributed by atoms with Gasteiger partial charge in [-0.3, -0.25) is 14.2 Å². The summed E-state index contributed by atoms with van der Waals surface area (Å²) in [7, 11) is 0. The third kappa shape index (κ3) is 4.65. The fourth-order valence-corrected chi connectivity index (χ4v) is 4.48. The van der Waals surface area contributed by atoms with Crippen molar-refractivity contribution in [3.8, 4) is 5.13 Å². The van der Waals surface area contributed by atoms with Crippen molar-refractivity contribution in [1.29, 1.82) is 0 Å². The molecule has 0 radical (unpaired) electrons. The predicted octanol–water partition coefficient (Wildman–Crippen LogP) is 1.64. The Hall–Kier alpha value is -3.15. The minimum absolute atomic E-state index is 0.0300. The first kappa shape index (κ1) is 23.0. The van der Waals surface area contributed by atoms with Gasteiger partial charge in [0.2, 0.25) is 5.43 Å². The summed E-state index contributed by atoms with van der Waals surface area (Å²) in [4.78, 5) is 47.8. The second-order valence-electron chi connectivity index (χ2n) is 7.87. The van der Waals surface area contributed by atoms with E-state index in [2.05, 4.69) is 9.97 Å². The largest absolute Gasteiger partial charge is 0.477 e. The summed E-state index contributed by atoms with van der Waals surface area (Å²) in [6.45, 7) is 3.50. The smallest absolute Gasteiger partial charge is 0.341 e. The summed E-state index contributed by atoms with van der Waals surface area (Å²) >= 11 is 1.31. The van der Waals surface area contributed by atoms with Crippen LogP contribution in [0.3, 0.4) is 0 Å². The third-order valence-electron chi connectivity index (χ3n) is 5.61. The maximum Gasteiger partial charge on any atom is 0.341 e. The number of aromatic carboxylic acids is 1. The number of nitrogens with zero attached hydrogens (tertiary/aromatic N) is 4. The van der Waals surface area contributed by atoms with Crippen LogP contribution in [0.25, 0.3) is 16.2 Å². The average Bonchev–Trinajstić information content (AvgIpc) is 3.27. The van der Waals surface area contributed by atoms with Gasteiger partial charge in [-0.15, -0.1) is 11.3 Å². The summed E-state index contributed by atoms with van der Waals surface area (Å²) in [6.07, 6.45) is 3.91. The van der Waals surface area contributed by atoms with Crippen molar-refractivity contribution in [1.82, 2.24) is 14.5 Å². The van der Waals surface area contributed by atoms with E-state index in [4.69, 9.17) is 9.84 Å². The quantitative estimate of drug-likeness (QED) is 0.422. The van der Waals surface area contributed by atoms with Crippen LogP contribution in [0.2, 0.25) is 0 Å². The van der Waals surface area contributed by atoms with Gasteiger partial charge in [0.1, 0.15) is 17.2 Å². The summed E-state index contributed by atoms with van der Waals surface area (Å²) in [6, 6.07) is 1.75. The molecule has 33 heavy (non-hydrogen) atoms. The Morgan fingerprint density at radius 1 is 1.30 bits per heavy atom. The van der Waals surface area contributed by atoms with Crippen LogP contribution in [-0.4, -0.2) is 69.4 Å². The van der Waals surface area contributed by atoms with Crippen molar-refractivity contribution >= 4 is 39.9 Å². The first-order valence-electron chi connectivity index (χ1n) is 10.6. The molecule has 0 bridgehead atoms. The van der Waals surface area contributed by atoms with Crippen molar-refractivity contribution in [2.24, 2.45) is 5.92 Å². The van der Waals surface area contributed by atoms with Gasteiger partial charge < -0.3 is 19.8 Å². The number of anilines is 1. The van der Waals surface area contributed by atoms with E-state index in [-0.39, 0.29) is 35.9 Å². The Kier molecular flexibility index (Phi) is 6.82. The normalized spacial score (nSPS) is 13.9. The number of aryl methyl sites for hydroxylation is 1. The van der Waals surface area contributed by atoms with Gasteiger partial charge in [0.25, 0.3) is 0 Å². The lowest BCUT2D eigenvalue weighted by Crippen LogP contribution is -2.51. The second-order valence-corrected chi connectivity index (χ2v) is 8.74. The van der Waals surface area contributed by atoms with Crippen LogP contribution in [0.5, 0.6) is 0 Å². The van der Waals surface area contributed by atoms with Crippen LogP contribution in [0.15, 0.2) is 28.6 Å². The van der Waals surface area contributed by atoms with Crippen LogP contribution in [-0.2, 0) is 9.53 Å². The van der Waals surface area contributed by atoms with Gasteiger partial charge >= 0.3 is 5.97 Å². The highest BCUT2D eigenvalue weighted by molar-refractivity contribution is 7.12. The Bertz CT molecular complexity index is 1230. The van der Waals surface area contributed by atoms with E-state index >= 15 is 0 Å². The van der Waals surface area contributed by atoms with Gasteiger partial charge in [-0.1, -0.05) is 0 Å². The number of hydrogen-bond donors (Lipinski definition) is 2. The summed E-state index contributed by atoms with van der Waals surface area (Å²) in [5.74, 6) is -0.594. The molecule has 0 aromatic carbocycles. The Labute approximate surface area is 193 Å². The van der Waals surface area contributed by atoms with Gasteiger partial charge in [0.15, 0.2) is 10.8 Å². The molecule has 1 aliphatic heterocycles. The maximum atomic E-state index is 12.9. The number of ether oxygens (including phenoxy) is 1. The highest BCUT2D eigenvalue weighted by atomic mass is 32.1. The fourth-order valence-electron chi connectivity index (χ4n) is 3.86. The average molecular weight is 473 g/mol. The summed E-state index contributed by atoms with van der Waals surface area (Å²) in [5, 5.41) is 20.7. The van der Waals surface area contributed by atoms with Crippen molar-refractivity contribution in [2.75, 3.05) is 37.8 Å². The second kappa shape index (κ2) is 9.77. The van der Waals surface area contributed by atoms with Crippen LogP contribution >= 0.6 is 11.3 Å². The number of pyridine rings is 2. The minimum atomic E-state index is -1.30. The van der Waals surface area contributed by atoms with E-state index in [0.717, 1.165) is 0 Å². The molecule has 1 aliphatic rings. The minimum Gasteiger partial charge on any atom is -0.477 e. The molecule has 1 fully saturated rings. The van der Waals surface area contributed by atoms with E-state index in [1.54, 1.807) is 24.6 Å². The van der Waals surface area contributed by atoms with E-state index in [9.17, 15) is 19.5 Å². The third-order valence-corrected chi connectivity index (χ3v) is 6.38. The lowest BCUT2D eigenvalue weighted by molar-refractivity contribution is -0.123. The van der Waals surface area contributed by atoms with Crippen molar-refractivity contribution in [3.63, 3.8) is 0 Å². The first-order chi connectivity index (χ1) is 15.9. The van der Waals surface area contributed by atoms with E-state index in [1.807, 2.05) is 4.90 Å². The maximum absolute atomic E-state index is 12.9. The van der Waals surface area contributed by atoms with Gasteiger partial charge in [0.05, 0.1) is 24.5 Å². The van der Waals surface area contributed by atoms with Crippen molar-refractivity contribution < 1.29 is 24.5 Å². The van der Waals surface area contributed by atoms with E-state index in [1.165, 1.54) is 22.1 Å². The monoisotopic (exact) mass is 472 g/mol. The molecule has 11 heteroatoms. The number of carboxylic acids is 1. The predicted molar refractivity (Wildman–Crippen MR) is 123 cm³/mol. The van der Waals surface area contributed by atoms with E-state index in [0.29, 0.717) is 54.7 Å². The molecular formula is C22H24N4O6S. The molecule has 174 valence electrons. The summed E-state index contributed by atoms with van der Waals surface area (Å²) in [5.41, 5.74) is 0.0323. The van der Waals surface area contributed by atoms with Crippen LogP contribution < -0.4 is 10.3 Å². The van der Waals surface area contributed by atoms with Crippen LogP contribution in [0.1, 0.15) is 28.8 Å². The SMILES string of the molecule is Cc1cc(N2CC(C(=O)CCCOCCO)C2)nc2c1c(=O)c(C(=O)O)cn2-c1nccs1. The molecule has 2 N–H and O–H groups in total. The molecule has 0 saturated carbocycles. The number of aliphatic hydroxyl groups excluding tert-OH is 1. The number of ketones is 1. The lowest BCUT2D eigenvalue weighted by Gasteiger charge is -2.39. The molecule has 0 unspecified atom stereocenters. The number of carboxylic acid groups (broad SMARTS) is 1. The topological polar surface area (TPSA) is 135 Å². The lowest BCUT2D eigenvalue weighted by atomic mass is 9.92. The zero-order chi connectivity index (χ0) is 23.5. The number of aromatic nitrogens is 3. The molecular weight excluding hydrogens is 448 g/mol. The zero-order valence-electron chi connectivity index (χ0n) is 18.1. The van der Waals surface area contributed by atoms with Crippen LogP contribution in [0.4, 0.5) is 5.82 Å². The van der Waals surface area contributed by atoms with Gasteiger partial charge in [-0.2, -0.15) is 0 Å². The molecule has 0 atom stereocenters. The molecule has 3 aromatic heterocycles. The molecule has 4 rings (SSSR count).